The second kappa shape index (κ2) is 10.8. The Hall–Kier alpha value is -2.08. The van der Waals surface area contributed by atoms with E-state index in [1.165, 1.54) is 4.90 Å². The molecule has 1 amide bonds. The van der Waals surface area contributed by atoms with Gasteiger partial charge in [-0.25, -0.2) is 0 Å². The van der Waals surface area contributed by atoms with Gasteiger partial charge in [-0.1, -0.05) is 56.3 Å². The highest BCUT2D eigenvalue weighted by Crippen LogP contribution is 2.27. The number of aliphatic hydroxyl groups excluding tert-OH is 1. The van der Waals surface area contributed by atoms with Gasteiger partial charge in [0.15, 0.2) is 0 Å². The number of thioether (sulfide) groups is 1. The molecule has 160 valence electrons. The molecule has 2 aromatic rings. The summed E-state index contributed by atoms with van der Waals surface area (Å²) in [6.07, 6.45) is 2.98. The number of piperazine rings is 1. The Labute approximate surface area is 184 Å². The zero-order valence-corrected chi connectivity index (χ0v) is 18.9. The first-order valence-corrected chi connectivity index (χ1v) is 11.5. The highest BCUT2D eigenvalue weighted by atomic mass is 32.2. The Morgan fingerprint density at radius 1 is 0.967 bits per heavy atom. The van der Waals surface area contributed by atoms with Crippen LogP contribution in [0.5, 0.6) is 0 Å². The topological polar surface area (TPSA) is 43.8 Å². The van der Waals surface area contributed by atoms with Gasteiger partial charge in [-0.2, -0.15) is 0 Å². The predicted molar refractivity (Wildman–Crippen MR) is 125 cm³/mol. The molecule has 0 spiro atoms. The molecule has 1 saturated heterocycles. The van der Waals surface area contributed by atoms with Gasteiger partial charge in [0.25, 0.3) is 0 Å². The number of benzene rings is 2. The summed E-state index contributed by atoms with van der Waals surface area (Å²) in [5.41, 5.74) is 1.97. The van der Waals surface area contributed by atoms with Gasteiger partial charge < -0.3 is 10.0 Å². The summed E-state index contributed by atoms with van der Waals surface area (Å²) in [5.74, 6) is 0.0462. The SMILES string of the molecule is CC(C)Sc1ccc([C@@H](O)[C@@H](C)N2CCN(C(=O)/C=C/c3ccccc3)CC2)cc1. The molecule has 0 saturated carbocycles. The molecule has 0 aliphatic carbocycles. The van der Waals surface area contributed by atoms with Crippen LogP contribution in [0.2, 0.25) is 0 Å². The van der Waals surface area contributed by atoms with E-state index in [-0.39, 0.29) is 11.9 Å². The van der Waals surface area contributed by atoms with Crippen LogP contribution in [0.3, 0.4) is 0 Å². The molecule has 4 nitrogen and oxygen atoms in total. The molecule has 30 heavy (non-hydrogen) atoms. The van der Waals surface area contributed by atoms with Crippen molar-refractivity contribution in [2.24, 2.45) is 0 Å². The summed E-state index contributed by atoms with van der Waals surface area (Å²) in [5, 5.41) is 11.4. The van der Waals surface area contributed by atoms with Gasteiger partial charge in [0, 0.05) is 48.4 Å². The molecule has 0 bridgehead atoms. The van der Waals surface area contributed by atoms with Crippen molar-refractivity contribution in [3.8, 4) is 0 Å². The molecule has 1 fully saturated rings. The second-order valence-electron chi connectivity index (χ2n) is 8.03. The quantitative estimate of drug-likeness (QED) is 0.526. The maximum Gasteiger partial charge on any atom is 0.246 e. The smallest absolute Gasteiger partial charge is 0.246 e. The first-order valence-electron chi connectivity index (χ1n) is 10.6. The molecule has 2 aromatic carbocycles. The number of amides is 1. The zero-order valence-electron chi connectivity index (χ0n) is 18.1. The average Bonchev–Trinajstić information content (AvgIpc) is 2.77. The molecule has 1 aliphatic rings. The number of nitrogens with zero attached hydrogens (tertiary/aromatic N) is 2. The lowest BCUT2D eigenvalue weighted by molar-refractivity contribution is -0.128. The van der Waals surface area contributed by atoms with Gasteiger partial charge in [-0.3, -0.25) is 9.69 Å². The maximum atomic E-state index is 12.5. The van der Waals surface area contributed by atoms with E-state index in [1.54, 1.807) is 6.08 Å². The molecule has 3 rings (SSSR count). The van der Waals surface area contributed by atoms with Crippen LogP contribution in [-0.2, 0) is 4.79 Å². The Morgan fingerprint density at radius 3 is 2.20 bits per heavy atom. The molecule has 1 N–H and O–H groups in total. The van der Waals surface area contributed by atoms with Gasteiger partial charge in [0.1, 0.15) is 0 Å². The number of rotatable bonds is 7. The van der Waals surface area contributed by atoms with E-state index in [0.717, 1.165) is 24.2 Å². The van der Waals surface area contributed by atoms with E-state index in [2.05, 4.69) is 37.8 Å². The number of aliphatic hydroxyl groups is 1. The number of carbonyl (C=O) groups is 1. The van der Waals surface area contributed by atoms with E-state index in [9.17, 15) is 9.90 Å². The number of carbonyl (C=O) groups excluding carboxylic acids is 1. The van der Waals surface area contributed by atoms with Crippen LogP contribution in [0.1, 0.15) is 38.0 Å². The van der Waals surface area contributed by atoms with Crippen LogP contribution in [0, 0.1) is 0 Å². The summed E-state index contributed by atoms with van der Waals surface area (Å²) in [7, 11) is 0. The lowest BCUT2D eigenvalue weighted by atomic mass is 10.0. The number of hydrogen-bond acceptors (Lipinski definition) is 4. The number of hydrogen-bond donors (Lipinski definition) is 1. The first kappa shape index (κ1) is 22.6. The zero-order chi connectivity index (χ0) is 21.5. The molecule has 2 atom stereocenters. The highest BCUT2D eigenvalue weighted by Gasteiger charge is 2.27. The van der Waals surface area contributed by atoms with E-state index in [0.29, 0.717) is 18.3 Å². The van der Waals surface area contributed by atoms with Gasteiger partial charge in [0.05, 0.1) is 6.10 Å². The van der Waals surface area contributed by atoms with Crippen LogP contribution >= 0.6 is 11.8 Å². The molecule has 5 heteroatoms. The van der Waals surface area contributed by atoms with Crippen molar-refractivity contribution >= 4 is 23.7 Å². The second-order valence-corrected chi connectivity index (χ2v) is 9.68. The normalized spacial score (nSPS) is 17.4. The summed E-state index contributed by atoms with van der Waals surface area (Å²) < 4.78 is 0. The molecule has 0 radical (unpaired) electrons. The Morgan fingerprint density at radius 2 is 1.60 bits per heavy atom. The van der Waals surface area contributed by atoms with Gasteiger partial charge >= 0.3 is 0 Å². The fraction of sp³-hybridized carbons (Fsp3) is 0.400. The minimum absolute atomic E-state index is 0.00529. The molecule has 1 aliphatic heterocycles. The Balaban J connectivity index is 1.51. The first-order chi connectivity index (χ1) is 14.4. The molecule has 0 aromatic heterocycles. The molecular weight excluding hydrogens is 392 g/mol. The van der Waals surface area contributed by atoms with Gasteiger partial charge in [-0.15, -0.1) is 11.8 Å². The predicted octanol–water partition coefficient (Wildman–Crippen LogP) is 4.47. The van der Waals surface area contributed by atoms with Crippen molar-refractivity contribution in [1.29, 1.82) is 0 Å². The van der Waals surface area contributed by atoms with E-state index in [4.69, 9.17) is 0 Å². The minimum Gasteiger partial charge on any atom is -0.387 e. The maximum absolute atomic E-state index is 12.5. The summed E-state index contributed by atoms with van der Waals surface area (Å²) >= 11 is 1.83. The molecule has 0 unspecified atom stereocenters. The standard InChI is InChI=1S/C25H32N2O2S/c1-19(2)30-23-12-10-22(11-13-23)25(29)20(3)26-15-17-27(18-16-26)24(28)14-9-21-7-5-4-6-8-21/h4-14,19-20,25,29H,15-18H2,1-3H3/b14-9+/t20-,25+/m1/s1. The van der Waals surface area contributed by atoms with Crippen molar-refractivity contribution < 1.29 is 9.90 Å². The lowest BCUT2D eigenvalue weighted by Crippen LogP contribution is -2.52. The van der Waals surface area contributed by atoms with Crippen LogP contribution < -0.4 is 0 Å². The molecule has 1 heterocycles. The molecular formula is C25H32N2O2S. The van der Waals surface area contributed by atoms with Crippen molar-refractivity contribution in [3.05, 3.63) is 71.8 Å². The van der Waals surface area contributed by atoms with Crippen molar-refractivity contribution in [1.82, 2.24) is 9.80 Å². The monoisotopic (exact) mass is 424 g/mol. The van der Waals surface area contributed by atoms with E-state index in [1.807, 2.05) is 65.2 Å². The van der Waals surface area contributed by atoms with Gasteiger partial charge in [-0.05, 0) is 36.3 Å². The highest BCUT2D eigenvalue weighted by molar-refractivity contribution is 7.99. The van der Waals surface area contributed by atoms with Crippen molar-refractivity contribution in [3.63, 3.8) is 0 Å². The average molecular weight is 425 g/mol. The van der Waals surface area contributed by atoms with Crippen LogP contribution in [0.15, 0.2) is 65.6 Å². The van der Waals surface area contributed by atoms with Crippen molar-refractivity contribution in [2.75, 3.05) is 26.2 Å². The third kappa shape index (κ3) is 6.21. The van der Waals surface area contributed by atoms with E-state index >= 15 is 0 Å². The Kier molecular flexibility index (Phi) is 8.14. The fourth-order valence-corrected chi connectivity index (χ4v) is 4.52. The van der Waals surface area contributed by atoms with Crippen LogP contribution in [-0.4, -0.2) is 58.3 Å². The minimum atomic E-state index is -0.539. The van der Waals surface area contributed by atoms with Crippen LogP contribution in [0.25, 0.3) is 6.08 Å². The lowest BCUT2D eigenvalue weighted by Gasteiger charge is -2.39. The third-order valence-corrected chi connectivity index (χ3v) is 6.49. The Bertz CT molecular complexity index is 828. The third-order valence-electron chi connectivity index (χ3n) is 5.47. The largest absolute Gasteiger partial charge is 0.387 e. The summed E-state index contributed by atoms with van der Waals surface area (Å²) in [6, 6.07) is 18.1. The van der Waals surface area contributed by atoms with Gasteiger partial charge in [0.2, 0.25) is 5.91 Å². The van der Waals surface area contributed by atoms with Crippen LogP contribution in [0.4, 0.5) is 0 Å². The van der Waals surface area contributed by atoms with Crippen molar-refractivity contribution in [2.45, 2.75) is 43.1 Å². The summed E-state index contributed by atoms with van der Waals surface area (Å²) in [6.45, 7) is 9.32. The van der Waals surface area contributed by atoms with E-state index < -0.39 is 6.10 Å². The fourth-order valence-electron chi connectivity index (χ4n) is 3.68. The summed E-state index contributed by atoms with van der Waals surface area (Å²) in [4.78, 5) is 17.9.